The van der Waals surface area contributed by atoms with Crippen LogP contribution in [0.2, 0.25) is 0 Å². The number of amides is 1. The first-order valence-corrected chi connectivity index (χ1v) is 10.8. The number of hydrogen-bond donors (Lipinski definition) is 1. The van der Waals surface area contributed by atoms with Crippen molar-refractivity contribution in [2.45, 2.75) is 11.8 Å². The Labute approximate surface area is 185 Å². The minimum Gasteiger partial charge on any atom is -0.466 e. The number of carbonyl (C=O) groups is 1. The summed E-state index contributed by atoms with van der Waals surface area (Å²) in [6.07, 6.45) is 0. The summed E-state index contributed by atoms with van der Waals surface area (Å²) < 4.78 is 7.00. The first kappa shape index (κ1) is 20.7. The van der Waals surface area contributed by atoms with Gasteiger partial charge in [0, 0.05) is 16.1 Å². The molecule has 0 radical (unpaired) electrons. The Kier molecular flexibility index (Phi) is 6.33. The zero-order valence-electron chi connectivity index (χ0n) is 17.3. The fourth-order valence-electron chi connectivity index (χ4n) is 3.11. The average Bonchev–Trinajstić information content (AvgIpc) is 3.23. The largest absolute Gasteiger partial charge is 0.466 e. The molecular formula is C24H22N4O2S. The number of aryl methyl sites for hydroxylation is 1. The Hall–Kier alpha value is -3.58. The highest BCUT2D eigenvalue weighted by Crippen LogP contribution is 2.26. The summed E-state index contributed by atoms with van der Waals surface area (Å²) in [6, 6.07) is 25.7. The van der Waals surface area contributed by atoms with Gasteiger partial charge >= 0.3 is 6.01 Å². The summed E-state index contributed by atoms with van der Waals surface area (Å²) in [6.45, 7) is 2.03. The average molecular weight is 431 g/mol. The molecule has 0 aliphatic rings. The molecule has 6 nitrogen and oxygen atoms in total. The van der Waals surface area contributed by atoms with E-state index in [1.807, 2.05) is 85.8 Å². The molecule has 1 heterocycles. The summed E-state index contributed by atoms with van der Waals surface area (Å²) in [7, 11) is 1.55. The molecule has 0 aliphatic carbocycles. The van der Waals surface area contributed by atoms with E-state index in [9.17, 15) is 4.79 Å². The predicted octanol–water partition coefficient (Wildman–Crippen LogP) is 4.98. The summed E-state index contributed by atoms with van der Waals surface area (Å²) in [5.74, 6) is 0.999. The molecule has 0 spiro atoms. The van der Waals surface area contributed by atoms with Gasteiger partial charge in [-0.05, 0) is 48.9 Å². The summed E-state index contributed by atoms with van der Waals surface area (Å²) >= 11 is 1.51. The molecule has 31 heavy (non-hydrogen) atoms. The van der Waals surface area contributed by atoms with E-state index in [1.165, 1.54) is 11.8 Å². The van der Waals surface area contributed by atoms with E-state index in [-0.39, 0.29) is 5.91 Å². The lowest BCUT2D eigenvalue weighted by Gasteiger charge is -2.09. The summed E-state index contributed by atoms with van der Waals surface area (Å²) in [5, 5.41) is 7.40. The normalized spacial score (nSPS) is 10.6. The van der Waals surface area contributed by atoms with E-state index >= 15 is 0 Å². The molecule has 0 atom stereocenters. The second-order valence-corrected chi connectivity index (χ2v) is 7.89. The van der Waals surface area contributed by atoms with Crippen LogP contribution in [0.25, 0.3) is 17.1 Å². The first-order chi connectivity index (χ1) is 15.1. The SMILES string of the molecule is COc1nc(-c2ccccc2C)n(-c2ccc(NC(=O)CSc3ccccc3)cc2)n1. The molecule has 156 valence electrons. The topological polar surface area (TPSA) is 69.0 Å². The molecule has 1 N–H and O–H groups in total. The monoisotopic (exact) mass is 430 g/mol. The van der Waals surface area contributed by atoms with E-state index < -0.39 is 0 Å². The van der Waals surface area contributed by atoms with Crippen LogP contribution in [0.15, 0.2) is 83.8 Å². The van der Waals surface area contributed by atoms with Gasteiger partial charge in [-0.15, -0.1) is 16.9 Å². The lowest BCUT2D eigenvalue weighted by Crippen LogP contribution is -2.14. The molecule has 0 bridgehead atoms. The molecule has 0 saturated heterocycles. The number of carbonyl (C=O) groups excluding carboxylic acids is 1. The molecule has 0 fully saturated rings. The highest BCUT2D eigenvalue weighted by molar-refractivity contribution is 8.00. The number of anilines is 1. The van der Waals surface area contributed by atoms with Crippen molar-refractivity contribution in [3.63, 3.8) is 0 Å². The number of hydrogen-bond acceptors (Lipinski definition) is 5. The van der Waals surface area contributed by atoms with Crippen LogP contribution in [0.4, 0.5) is 5.69 Å². The maximum atomic E-state index is 12.3. The number of thioether (sulfide) groups is 1. The first-order valence-electron chi connectivity index (χ1n) is 9.79. The summed E-state index contributed by atoms with van der Waals surface area (Å²) in [5.41, 5.74) is 3.63. The second-order valence-electron chi connectivity index (χ2n) is 6.85. The van der Waals surface area contributed by atoms with Gasteiger partial charge in [-0.25, -0.2) is 4.68 Å². The van der Waals surface area contributed by atoms with Gasteiger partial charge in [0.1, 0.15) is 0 Å². The fourth-order valence-corrected chi connectivity index (χ4v) is 3.83. The van der Waals surface area contributed by atoms with Gasteiger partial charge in [0.2, 0.25) is 5.91 Å². The Morgan fingerprint density at radius 3 is 2.42 bits per heavy atom. The lowest BCUT2D eigenvalue weighted by atomic mass is 10.1. The third-order valence-corrected chi connectivity index (χ3v) is 5.68. The van der Waals surface area contributed by atoms with Crippen LogP contribution in [0.5, 0.6) is 6.01 Å². The minimum absolute atomic E-state index is 0.0513. The second kappa shape index (κ2) is 9.49. The molecule has 0 aliphatic heterocycles. The molecule has 4 rings (SSSR count). The van der Waals surface area contributed by atoms with Gasteiger partial charge in [0.05, 0.1) is 18.6 Å². The van der Waals surface area contributed by atoms with E-state index in [1.54, 1.807) is 11.8 Å². The molecule has 0 unspecified atom stereocenters. The number of rotatable bonds is 7. The molecule has 4 aromatic rings. The smallest absolute Gasteiger partial charge is 0.336 e. The molecule has 1 aromatic heterocycles. The van der Waals surface area contributed by atoms with Crippen LogP contribution < -0.4 is 10.1 Å². The molecular weight excluding hydrogens is 408 g/mol. The maximum absolute atomic E-state index is 12.3. The van der Waals surface area contributed by atoms with E-state index in [0.717, 1.165) is 27.4 Å². The molecule has 1 amide bonds. The minimum atomic E-state index is -0.0513. The number of ether oxygens (including phenoxy) is 1. The van der Waals surface area contributed by atoms with Crippen LogP contribution in [-0.2, 0) is 4.79 Å². The Bertz CT molecular complexity index is 1170. The van der Waals surface area contributed by atoms with Crippen molar-refractivity contribution in [2.75, 3.05) is 18.2 Å². The van der Waals surface area contributed by atoms with Crippen molar-refractivity contribution >= 4 is 23.4 Å². The van der Waals surface area contributed by atoms with Crippen molar-refractivity contribution in [3.05, 3.63) is 84.4 Å². The van der Waals surface area contributed by atoms with Crippen LogP contribution in [0.1, 0.15) is 5.56 Å². The van der Waals surface area contributed by atoms with Crippen LogP contribution in [-0.4, -0.2) is 33.5 Å². The van der Waals surface area contributed by atoms with Gasteiger partial charge in [-0.1, -0.05) is 42.5 Å². The number of methoxy groups -OCH3 is 1. The van der Waals surface area contributed by atoms with E-state index in [2.05, 4.69) is 15.4 Å². The van der Waals surface area contributed by atoms with Gasteiger partial charge in [-0.2, -0.15) is 4.98 Å². The summed E-state index contributed by atoms with van der Waals surface area (Å²) in [4.78, 5) is 17.9. The van der Waals surface area contributed by atoms with Crippen molar-refractivity contribution in [2.24, 2.45) is 0 Å². The Morgan fingerprint density at radius 2 is 1.71 bits per heavy atom. The maximum Gasteiger partial charge on any atom is 0.336 e. The van der Waals surface area contributed by atoms with Gasteiger partial charge in [-0.3, -0.25) is 4.79 Å². The number of aromatic nitrogens is 3. The highest BCUT2D eigenvalue weighted by atomic mass is 32.2. The third-order valence-electron chi connectivity index (χ3n) is 4.67. The molecule has 7 heteroatoms. The molecule has 3 aromatic carbocycles. The predicted molar refractivity (Wildman–Crippen MR) is 124 cm³/mol. The molecule has 0 saturated carbocycles. The van der Waals surface area contributed by atoms with Gasteiger partial charge in [0.15, 0.2) is 5.82 Å². The quantitative estimate of drug-likeness (QED) is 0.419. The lowest BCUT2D eigenvalue weighted by molar-refractivity contribution is -0.113. The zero-order valence-corrected chi connectivity index (χ0v) is 18.1. The van der Waals surface area contributed by atoms with Crippen LogP contribution in [0, 0.1) is 6.92 Å². The zero-order chi connectivity index (χ0) is 21.6. The van der Waals surface area contributed by atoms with E-state index in [4.69, 9.17) is 4.74 Å². The van der Waals surface area contributed by atoms with Crippen molar-refractivity contribution in [1.29, 1.82) is 0 Å². The van der Waals surface area contributed by atoms with Crippen LogP contribution in [0.3, 0.4) is 0 Å². The van der Waals surface area contributed by atoms with Gasteiger partial charge in [0.25, 0.3) is 0 Å². The van der Waals surface area contributed by atoms with Crippen molar-refractivity contribution in [1.82, 2.24) is 14.8 Å². The Morgan fingerprint density at radius 1 is 1.00 bits per heavy atom. The van der Waals surface area contributed by atoms with Crippen LogP contribution >= 0.6 is 11.8 Å². The van der Waals surface area contributed by atoms with E-state index in [0.29, 0.717) is 17.6 Å². The number of benzene rings is 3. The Balaban J connectivity index is 1.50. The van der Waals surface area contributed by atoms with Gasteiger partial charge < -0.3 is 10.1 Å². The van der Waals surface area contributed by atoms with Crippen molar-refractivity contribution in [3.8, 4) is 23.1 Å². The standard InChI is InChI=1S/C24H22N4O2S/c1-17-8-6-7-11-21(17)23-26-24(30-2)27-28(23)19-14-12-18(13-15-19)25-22(29)16-31-20-9-4-3-5-10-20/h3-15H,16H2,1-2H3,(H,25,29). The fraction of sp³-hybridized carbons (Fsp3) is 0.125. The highest BCUT2D eigenvalue weighted by Gasteiger charge is 2.15. The third kappa shape index (κ3) is 4.95. The van der Waals surface area contributed by atoms with Crippen molar-refractivity contribution < 1.29 is 9.53 Å². The number of nitrogens with one attached hydrogen (secondary N) is 1. The number of nitrogens with zero attached hydrogens (tertiary/aromatic N) is 3.